The molecule has 0 aliphatic heterocycles. The zero-order valence-electron chi connectivity index (χ0n) is 12.7. The first-order valence-corrected chi connectivity index (χ1v) is 7.50. The molecule has 6 nitrogen and oxygen atoms in total. The van der Waals surface area contributed by atoms with E-state index >= 15 is 0 Å². The minimum Gasteiger partial charge on any atom is -0.478 e. The number of hydrogen-bond donors (Lipinski definition) is 3. The summed E-state index contributed by atoms with van der Waals surface area (Å²) in [6.07, 6.45) is 1.84. The average molecular weight is 318 g/mol. The number of fused-ring (bicyclic) bond motifs is 2. The molecule has 4 aromatic rings. The summed E-state index contributed by atoms with van der Waals surface area (Å²) in [5, 5.41) is 14.6. The molecule has 0 amide bonds. The van der Waals surface area contributed by atoms with Crippen molar-refractivity contribution in [2.75, 3.05) is 5.32 Å². The Labute approximate surface area is 137 Å². The van der Waals surface area contributed by atoms with E-state index in [9.17, 15) is 9.90 Å². The van der Waals surface area contributed by atoms with E-state index in [1.807, 2.05) is 36.5 Å². The highest BCUT2D eigenvalue weighted by molar-refractivity contribution is 6.01. The Kier molecular flexibility index (Phi) is 3.35. The summed E-state index contributed by atoms with van der Waals surface area (Å²) in [5.41, 5.74) is 2.19. The fraction of sp³-hybridized carbons (Fsp3) is 0.0556. The van der Waals surface area contributed by atoms with Gasteiger partial charge >= 0.3 is 5.97 Å². The molecule has 0 bridgehead atoms. The van der Waals surface area contributed by atoms with Gasteiger partial charge in [0.05, 0.1) is 23.3 Å². The first kappa shape index (κ1) is 14.2. The Bertz CT molecular complexity index is 1060. The Balaban J connectivity index is 1.59. The average Bonchev–Trinajstić information content (AvgIpc) is 3.02. The van der Waals surface area contributed by atoms with Gasteiger partial charge in [0, 0.05) is 11.6 Å². The maximum absolute atomic E-state index is 11.2. The number of aromatic nitrogens is 3. The highest BCUT2D eigenvalue weighted by atomic mass is 16.4. The number of para-hydroxylation sites is 1. The zero-order valence-corrected chi connectivity index (χ0v) is 12.7. The number of imidazole rings is 1. The third kappa shape index (κ3) is 2.54. The van der Waals surface area contributed by atoms with E-state index in [1.165, 1.54) is 0 Å². The van der Waals surface area contributed by atoms with Crippen molar-refractivity contribution in [2.45, 2.75) is 6.54 Å². The van der Waals surface area contributed by atoms with E-state index in [0.717, 1.165) is 16.5 Å². The smallest absolute Gasteiger partial charge is 0.337 e. The number of carboxylic acids is 1. The van der Waals surface area contributed by atoms with E-state index in [-0.39, 0.29) is 5.56 Å². The third-order valence-electron chi connectivity index (χ3n) is 3.87. The molecule has 0 radical (unpaired) electrons. The van der Waals surface area contributed by atoms with Gasteiger partial charge in [-0.15, -0.1) is 0 Å². The van der Waals surface area contributed by atoms with Crippen molar-refractivity contribution in [3.8, 4) is 0 Å². The predicted molar refractivity (Wildman–Crippen MR) is 92.1 cm³/mol. The van der Waals surface area contributed by atoms with Crippen LogP contribution in [0.1, 0.15) is 16.1 Å². The van der Waals surface area contributed by atoms with Crippen molar-refractivity contribution in [3.05, 3.63) is 66.0 Å². The van der Waals surface area contributed by atoms with Gasteiger partial charge in [0.15, 0.2) is 0 Å². The second-order valence-electron chi connectivity index (χ2n) is 5.47. The maximum Gasteiger partial charge on any atom is 0.337 e. The van der Waals surface area contributed by atoms with Crippen molar-refractivity contribution >= 4 is 33.7 Å². The van der Waals surface area contributed by atoms with Gasteiger partial charge in [-0.1, -0.05) is 30.3 Å². The molecule has 0 saturated carbocycles. The number of anilines is 1. The molecule has 2 aromatic carbocycles. The van der Waals surface area contributed by atoms with Crippen LogP contribution < -0.4 is 5.32 Å². The van der Waals surface area contributed by atoms with Gasteiger partial charge < -0.3 is 15.4 Å². The van der Waals surface area contributed by atoms with Gasteiger partial charge in [-0.05, 0) is 23.6 Å². The lowest BCUT2D eigenvalue weighted by Crippen LogP contribution is -2.03. The van der Waals surface area contributed by atoms with Crippen LogP contribution in [0.5, 0.6) is 0 Å². The van der Waals surface area contributed by atoms with Gasteiger partial charge in [-0.3, -0.25) is 4.98 Å². The first-order valence-electron chi connectivity index (χ1n) is 7.50. The molecule has 24 heavy (non-hydrogen) atoms. The molecule has 0 atom stereocenters. The predicted octanol–water partition coefficient (Wildman–Crippen LogP) is 3.42. The van der Waals surface area contributed by atoms with E-state index in [2.05, 4.69) is 20.3 Å². The summed E-state index contributed by atoms with van der Waals surface area (Å²) in [4.78, 5) is 23.1. The number of aromatic carboxylic acids is 1. The van der Waals surface area contributed by atoms with Crippen LogP contribution >= 0.6 is 0 Å². The highest BCUT2D eigenvalue weighted by Gasteiger charge is 2.12. The lowest BCUT2D eigenvalue weighted by atomic mass is 10.1. The molecule has 0 fully saturated rings. The minimum atomic E-state index is -0.991. The molecule has 0 unspecified atom stereocenters. The number of nitrogens with one attached hydrogen (secondary N) is 2. The molecule has 6 heteroatoms. The second-order valence-corrected chi connectivity index (χ2v) is 5.47. The number of H-pyrrole nitrogens is 1. The van der Waals surface area contributed by atoms with Crippen molar-refractivity contribution in [2.24, 2.45) is 0 Å². The van der Waals surface area contributed by atoms with Crippen LogP contribution in [0.2, 0.25) is 0 Å². The quantitative estimate of drug-likeness (QED) is 0.536. The number of carbonyl (C=O) groups is 1. The molecule has 4 rings (SSSR count). The molecule has 118 valence electrons. The molecular formula is C18H14N4O2. The fourth-order valence-electron chi connectivity index (χ4n) is 2.69. The largest absolute Gasteiger partial charge is 0.478 e. The SMILES string of the molecule is O=C(O)c1cccc2[nH]c(NCc3cc4ccccc4cn3)nc12. The summed E-state index contributed by atoms with van der Waals surface area (Å²) in [7, 11) is 0. The van der Waals surface area contributed by atoms with Crippen LogP contribution in [-0.2, 0) is 6.54 Å². The number of rotatable bonds is 4. The van der Waals surface area contributed by atoms with E-state index < -0.39 is 5.97 Å². The summed E-state index contributed by atoms with van der Waals surface area (Å²) in [6, 6.07) is 15.1. The van der Waals surface area contributed by atoms with Crippen LogP contribution in [0.25, 0.3) is 21.8 Å². The lowest BCUT2D eigenvalue weighted by molar-refractivity contribution is 0.0699. The highest BCUT2D eigenvalue weighted by Crippen LogP contribution is 2.19. The van der Waals surface area contributed by atoms with Gasteiger partial charge in [0.1, 0.15) is 5.52 Å². The van der Waals surface area contributed by atoms with E-state index in [0.29, 0.717) is 23.5 Å². The van der Waals surface area contributed by atoms with Crippen molar-refractivity contribution in [3.63, 3.8) is 0 Å². The Morgan fingerprint density at radius 2 is 1.96 bits per heavy atom. The van der Waals surface area contributed by atoms with Crippen molar-refractivity contribution in [1.29, 1.82) is 0 Å². The van der Waals surface area contributed by atoms with Gasteiger partial charge in [0.2, 0.25) is 5.95 Å². The van der Waals surface area contributed by atoms with Crippen molar-refractivity contribution in [1.82, 2.24) is 15.0 Å². The molecule has 2 heterocycles. The molecule has 0 aliphatic carbocycles. The van der Waals surface area contributed by atoms with Crippen LogP contribution in [0.4, 0.5) is 5.95 Å². The van der Waals surface area contributed by atoms with Crippen LogP contribution in [0.3, 0.4) is 0 Å². The Morgan fingerprint density at radius 3 is 2.79 bits per heavy atom. The molecule has 0 saturated heterocycles. The number of benzene rings is 2. The molecule has 0 spiro atoms. The number of pyridine rings is 1. The van der Waals surface area contributed by atoms with Crippen LogP contribution in [-0.4, -0.2) is 26.0 Å². The van der Waals surface area contributed by atoms with Crippen molar-refractivity contribution < 1.29 is 9.90 Å². The number of carboxylic acid groups (broad SMARTS) is 1. The van der Waals surface area contributed by atoms with Gasteiger partial charge in [-0.25, -0.2) is 9.78 Å². The normalized spacial score (nSPS) is 11.0. The Hall–Kier alpha value is -3.41. The molecule has 3 N–H and O–H groups in total. The number of aromatic amines is 1. The standard InChI is InChI=1S/C18H14N4O2/c23-17(24)14-6-3-7-15-16(14)22-18(21-15)20-10-13-8-11-4-1-2-5-12(11)9-19-13/h1-9H,10H2,(H,23,24)(H2,20,21,22). The first-order chi connectivity index (χ1) is 11.7. The summed E-state index contributed by atoms with van der Waals surface area (Å²) < 4.78 is 0. The maximum atomic E-state index is 11.2. The fourth-order valence-corrected chi connectivity index (χ4v) is 2.69. The summed E-state index contributed by atoms with van der Waals surface area (Å²) in [5.74, 6) is -0.469. The monoisotopic (exact) mass is 318 g/mol. The van der Waals surface area contributed by atoms with E-state index in [1.54, 1.807) is 18.2 Å². The summed E-state index contributed by atoms with van der Waals surface area (Å²) in [6.45, 7) is 0.493. The van der Waals surface area contributed by atoms with Gasteiger partial charge in [-0.2, -0.15) is 0 Å². The molecule has 2 aromatic heterocycles. The van der Waals surface area contributed by atoms with Gasteiger partial charge in [0.25, 0.3) is 0 Å². The topological polar surface area (TPSA) is 90.9 Å². The Morgan fingerprint density at radius 1 is 1.12 bits per heavy atom. The summed E-state index contributed by atoms with van der Waals surface area (Å²) >= 11 is 0. The van der Waals surface area contributed by atoms with E-state index in [4.69, 9.17) is 0 Å². The zero-order chi connectivity index (χ0) is 16.5. The third-order valence-corrected chi connectivity index (χ3v) is 3.87. The lowest BCUT2D eigenvalue weighted by Gasteiger charge is -2.04. The van der Waals surface area contributed by atoms with Crippen LogP contribution in [0, 0.1) is 0 Å². The number of hydrogen-bond acceptors (Lipinski definition) is 4. The van der Waals surface area contributed by atoms with Crippen LogP contribution in [0.15, 0.2) is 54.7 Å². The second kappa shape index (κ2) is 5.66. The molecule has 0 aliphatic rings. The molecular weight excluding hydrogens is 304 g/mol. The minimum absolute atomic E-state index is 0.181. The number of nitrogens with zero attached hydrogens (tertiary/aromatic N) is 2.